The van der Waals surface area contributed by atoms with Crippen molar-refractivity contribution in [1.82, 2.24) is 10.2 Å². The molecule has 0 saturated carbocycles. The molecule has 3 N–H and O–H groups in total. The minimum Gasteiger partial charge on any atom is -0.379 e. The Morgan fingerprint density at radius 1 is 1.30 bits per heavy atom. The van der Waals surface area contributed by atoms with Gasteiger partial charge >= 0.3 is 0 Å². The Morgan fingerprint density at radius 2 is 1.96 bits per heavy atom. The molecule has 0 bridgehead atoms. The molecule has 2 rings (SSSR count). The first kappa shape index (κ1) is 19.9. The van der Waals surface area contributed by atoms with Crippen molar-refractivity contribution in [3.8, 4) is 0 Å². The summed E-state index contributed by atoms with van der Waals surface area (Å²) in [7, 11) is 0. The van der Waals surface area contributed by atoms with Crippen molar-refractivity contribution in [3.63, 3.8) is 0 Å². The molecule has 1 aromatic carbocycles. The second-order valence-corrected chi connectivity index (χ2v) is 5.67. The van der Waals surface area contributed by atoms with Crippen LogP contribution in [0.15, 0.2) is 41.4 Å². The van der Waals surface area contributed by atoms with E-state index in [9.17, 15) is 0 Å². The van der Waals surface area contributed by atoms with Gasteiger partial charge in [0, 0.05) is 26.2 Å². The zero-order chi connectivity index (χ0) is 15.8. The highest BCUT2D eigenvalue weighted by Gasteiger charge is 2.12. The molecule has 0 spiro atoms. The molecule has 0 aliphatic carbocycles. The fourth-order valence-electron chi connectivity index (χ4n) is 2.33. The van der Waals surface area contributed by atoms with Crippen molar-refractivity contribution < 1.29 is 4.74 Å². The quantitative estimate of drug-likeness (QED) is 0.314. The van der Waals surface area contributed by atoms with Gasteiger partial charge in [-0.15, -0.1) is 24.0 Å². The van der Waals surface area contributed by atoms with Crippen molar-refractivity contribution in [2.75, 3.05) is 32.8 Å². The van der Waals surface area contributed by atoms with Crippen molar-refractivity contribution in [2.24, 2.45) is 10.7 Å². The molecule has 0 atom stereocenters. The average molecular weight is 430 g/mol. The van der Waals surface area contributed by atoms with Gasteiger partial charge < -0.3 is 15.8 Å². The normalized spacial score (nSPS) is 15.8. The second-order valence-electron chi connectivity index (χ2n) is 5.67. The molecule has 0 radical (unpaired) electrons. The molecule has 128 valence electrons. The topological polar surface area (TPSA) is 62.9 Å². The number of aliphatic imine (C=N–C) groups is 1. The van der Waals surface area contributed by atoms with Crippen molar-refractivity contribution in [2.45, 2.75) is 20.0 Å². The summed E-state index contributed by atoms with van der Waals surface area (Å²) in [6.07, 6.45) is 0. The number of nitrogens with one attached hydrogen (secondary N) is 1. The third-order valence-electron chi connectivity index (χ3n) is 3.61. The minimum atomic E-state index is 0. The number of morpholine rings is 1. The summed E-state index contributed by atoms with van der Waals surface area (Å²) in [5, 5.41) is 3.05. The molecule has 5 nitrogen and oxygen atoms in total. The van der Waals surface area contributed by atoms with Gasteiger partial charge in [-0.05, 0) is 18.1 Å². The van der Waals surface area contributed by atoms with E-state index < -0.39 is 0 Å². The molecular formula is C17H27IN4O. The minimum absolute atomic E-state index is 0. The first-order chi connectivity index (χ1) is 10.6. The van der Waals surface area contributed by atoms with Crippen LogP contribution in [0.3, 0.4) is 0 Å². The van der Waals surface area contributed by atoms with Crippen LogP contribution in [-0.4, -0.2) is 43.7 Å². The average Bonchev–Trinajstić information content (AvgIpc) is 2.53. The number of nitrogens with zero attached hydrogens (tertiary/aromatic N) is 2. The van der Waals surface area contributed by atoms with Crippen LogP contribution in [0.1, 0.15) is 18.1 Å². The molecule has 1 heterocycles. The van der Waals surface area contributed by atoms with Gasteiger partial charge in [-0.25, -0.2) is 4.99 Å². The van der Waals surface area contributed by atoms with Crippen LogP contribution in [-0.2, 0) is 17.8 Å². The summed E-state index contributed by atoms with van der Waals surface area (Å²) in [6.45, 7) is 11.6. The van der Waals surface area contributed by atoms with Crippen molar-refractivity contribution in [1.29, 1.82) is 0 Å². The number of ether oxygens (including phenoxy) is 1. The van der Waals surface area contributed by atoms with E-state index >= 15 is 0 Å². The number of benzene rings is 1. The van der Waals surface area contributed by atoms with Crippen molar-refractivity contribution in [3.05, 3.63) is 47.5 Å². The molecule has 1 aliphatic heterocycles. The van der Waals surface area contributed by atoms with Gasteiger partial charge in [0.1, 0.15) is 0 Å². The maximum absolute atomic E-state index is 5.87. The molecule has 0 aromatic heterocycles. The first-order valence-electron chi connectivity index (χ1n) is 7.70. The van der Waals surface area contributed by atoms with E-state index in [4.69, 9.17) is 10.5 Å². The lowest BCUT2D eigenvalue weighted by Crippen LogP contribution is -2.36. The number of rotatable bonds is 6. The standard InChI is InChI=1S/C17H26N4O.HI/c1-14(2)11-19-17(18)20-12-15-5-3-4-6-16(15)13-21-7-9-22-10-8-21;/h3-6H,1,7-13H2,2H3,(H3,18,19,20);1H. The van der Waals surface area contributed by atoms with Crippen LogP contribution in [0.5, 0.6) is 0 Å². The van der Waals surface area contributed by atoms with E-state index in [1.165, 1.54) is 11.1 Å². The van der Waals surface area contributed by atoms with Gasteiger partial charge in [-0.1, -0.05) is 36.4 Å². The van der Waals surface area contributed by atoms with E-state index in [0.29, 0.717) is 19.0 Å². The van der Waals surface area contributed by atoms with E-state index in [-0.39, 0.29) is 24.0 Å². The highest BCUT2D eigenvalue weighted by atomic mass is 127. The van der Waals surface area contributed by atoms with Gasteiger partial charge in [-0.2, -0.15) is 0 Å². The summed E-state index contributed by atoms with van der Waals surface area (Å²) >= 11 is 0. The van der Waals surface area contributed by atoms with Crippen LogP contribution in [0, 0.1) is 0 Å². The fraction of sp³-hybridized carbons (Fsp3) is 0.471. The molecule has 1 aromatic rings. The smallest absolute Gasteiger partial charge is 0.189 e. The summed E-state index contributed by atoms with van der Waals surface area (Å²) in [4.78, 5) is 6.83. The highest BCUT2D eigenvalue weighted by molar-refractivity contribution is 14.0. The zero-order valence-electron chi connectivity index (χ0n) is 13.8. The third-order valence-corrected chi connectivity index (χ3v) is 3.61. The largest absolute Gasteiger partial charge is 0.379 e. The fourth-order valence-corrected chi connectivity index (χ4v) is 2.33. The van der Waals surface area contributed by atoms with E-state index in [1.807, 2.05) is 13.0 Å². The lowest BCUT2D eigenvalue weighted by Gasteiger charge is -2.27. The number of hydrogen-bond donors (Lipinski definition) is 2. The molecule has 1 saturated heterocycles. The van der Waals surface area contributed by atoms with Gasteiger partial charge in [0.2, 0.25) is 0 Å². The van der Waals surface area contributed by atoms with Crippen LogP contribution >= 0.6 is 24.0 Å². The zero-order valence-corrected chi connectivity index (χ0v) is 16.1. The van der Waals surface area contributed by atoms with Gasteiger partial charge in [0.15, 0.2) is 5.96 Å². The summed E-state index contributed by atoms with van der Waals surface area (Å²) in [5.41, 5.74) is 9.43. The Morgan fingerprint density at radius 3 is 2.61 bits per heavy atom. The lowest BCUT2D eigenvalue weighted by atomic mass is 10.1. The predicted molar refractivity (Wildman–Crippen MR) is 106 cm³/mol. The summed E-state index contributed by atoms with van der Waals surface area (Å²) in [5.74, 6) is 0.462. The van der Waals surface area contributed by atoms with Crippen LogP contribution in [0.4, 0.5) is 0 Å². The van der Waals surface area contributed by atoms with Gasteiger partial charge in [-0.3, -0.25) is 4.90 Å². The Labute approximate surface area is 156 Å². The van der Waals surface area contributed by atoms with Crippen LogP contribution in [0.2, 0.25) is 0 Å². The number of halogens is 1. The van der Waals surface area contributed by atoms with E-state index in [0.717, 1.165) is 38.4 Å². The maximum atomic E-state index is 5.87. The van der Waals surface area contributed by atoms with Crippen molar-refractivity contribution >= 4 is 29.9 Å². The Hall–Kier alpha value is -1.12. The molecule has 1 fully saturated rings. The lowest BCUT2D eigenvalue weighted by molar-refractivity contribution is 0.0341. The number of hydrogen-bond acceptors (Lipinski definition) is 3. The number of nitrogens with two attached hydrogens (primary N) is 1. The SMILES string of the molecule is C=C(C)CNC(N)=NCc1ccccc1CN1CCOCC1.I. The third kappa shape index (κ3) is 7.32. The molecule has 0 amide bonds. The predicted octanol–water partition coefficient (Wildman–Crippen LogP) is 2.12. The monoisotopic (exact) mass is 430 g/mol. The first-order valence-corrected chi connectivity index (χ1v) is 7.70. The molecular weight excluding hydrogens is 403 g/mol. The number of guanidine groups is 1. The molecule has 0 unspecified atom stereocenters. The summed E-state index contributed by atoms with van der Waals surface area (Å²) in [6, 6.07) is 8.40. The Balaban J connectivity index is 0.00000264. The van der Waals surface area contributed by atoms with E-state index in [2.05, 4.69) is 40.0 Å². The van der Waals surface area contributed by atoms with Gasteiger partial charge in [0.25, 0.3) is 0 Å². The molecule has 6 heteroatoms. The maximum Gasteiger partial charge on any atom is 0.189 e. The molecule has 1 aliphatic rings. The van der Waals surface area contributed by atoms with Gasteiger partial charge in [0.05, 0.1) is 19.8 Å². The van der Waals surface area contributed by atoms with Crippen LogP contribution < -0.4 is 11.1 Å². The Bertz CT molecular complexity index is 527. The second kappa shape index (κ2) is 10.6. The van der Waals surface area contributed by atoms with Crippen LogP contribution in [0.25, 0.3) is 0 Å². The summed E-state index contributed by atoms with van der Waals surface area (Å²) < 4.78 is 5.40. The highest BCUT2D eigenvalue weighted by Crippen LogP contribution is 2.14. The molecule has 23 heavy (non-hydrogen) atoms. The van der Waals surface area contributed by atoms with E-state index in [1.54, 1.807) is 0 Å². The Kier molecular flexibility index (Phi) is 9.20.